The molecule has 8 atom stereocenters. The van der Waals surface area contributed by atoms with Gasteiger partial charge in [-0.05, 0) is 37.1 Å². The summed E-state index contributed by atoms with van der Waals surface area (Å²) in [7, 11) is -5.14. The van der Waals surface area contributed by atoms with Crippen molar-refractivity contribution >= 4 is 35.8 Å². The molecule has 1 saturated heterocycles. The molecule has 51 heavy (non-hydrogen) atoms. The van der Waals surface area contributed by atoms with E-state index in [1.165, 1.54) is 21.8 Å². The average Bonchev–Trinajstić information content (AvgIpc) is 3.61. The van der Waals surface area contributed by atoms with Crippen LogP contribution in [0, 0.1) is 13.8 Å². The molecule has 0 saturated carbocycles. The molecule has 3 aliphatic rings. The predicted molar refractivity (Wildman–Crippen MR) is 167 cm³/mol. The number of aryl methyl sites for hydroxylation is 2. The maximum absolute atomic E-state index is 12.2. The molecule has 0 radical (unpaired) electrons. The number of nitrogens with zero attached hydrogens (tertiary/aromatic N) is 7. The summed E-state index contributed by atoms with van der Waals surface area (Å²) in [5.41, 5.74) is 7.01. The first-order chi connectivity index (χ1) is 23.5. The number of rotatable bonds is 9. The molecule has 1 unspecified atom stereocenters. The minimum atomic E-state index is -5.14. The number of aromatic nitrogens is 8. The Hall–Kier alpha value is -3.32. The Morgan fingerprint density at radius 3 is 2.41 bits per heavy atom. The number of fused-ring (bicyclic) bond motifs is 3. The maximum Gasteiger partial charge on any atom is 1.00 e. The van der Waals surface area contributed by atoms with Gasteiger partial charge in [0.15, 0.2) is 29.2 Å². The van der Waals surface area contributed by atoms with Gasteiger partial charge in [-0.2, -0.15) is 4.98 Å². The van der Waals surface area contributed by atoms with Crippen LogP contribution in [-0.4, -0.2) is 124 Å². The van der Waals surface area contributed by atoms with E-state index in [-0.39, 0.29) is 46.9 Å². The normalized spacial score (nSPS) is 21.8. The number of nitrogen functional groups attached to an aromatic ring is 1. The summed E-state index contributed by atoms with van der Waals surface area (Å²) in [4.78, 5) is 65.2. The molecule has 0 spiro atoms. The smallest absolute Gasteiger partial charge is 0.756 e. The van der Waals surface area contributed by atoms with E-state index in [4.69, 9.17) is 20.5 Å². The number of phosphoric ester groups is 1. The number of benzene rings is 1. The molecule has 1 aromatic carbocycles. The Bertz CT molecular complexity index is 2140. The third kappa shape index (κ3) is 8.67. The molecule has 1 fully saturated rings. The van der Waals surface area contributed by atoms with Crippen molar-refractivity contribution in [3.63, 3.8) is 0 Å². The van der Waals surface area contributed by atoms with Crippen molar-refractivity contribution in [1.29, 1.82) is 0 Å². The van der Waals surface area contributed by atoms with Crippen molar-refractivity contribution < 1.29 is 83.8 Å². The number of H-pyrrole nitrogens is 1. The van der Waals surface area contributed by atoms with Crippen LogP contribution in [0.5, 0.6) is 0 Å². The van der Waals surface area contributed by atoms with Crippen molar-refractivity contribution in [1.82, 2.24) is 39.0 Å². The molecule has 6 rings (SSSR count). The molecule has 3 aliphatic heterocycles. The van der Waals surface area contributed by atoms with Gasteiger partial charge >= 0.3 is 35.2 Å². The molecule has 270 valence electrons. The van der Waals surface area contributed by atoms with E-state index in [1.54, 1.807) is 12.1 Å². The van der Waals surface area contributed by atoms with Crippen LogP contribution < -0.4 is 51.4 Å². The van der Waals surface area contributed by atoms with Crippen molar-refractivity contribution in [2.75, 3.05) is 18.9 Å². The van der Waals surface area contributed by atoms with Crippen LogP contribution in [0.4, 0.5) is 5.82 Å². The molecule has 0 amide bonds. The molecule has 10 N–H and O–H groups in total. The summed E-state index contributed by atoms with van der Waals surface area (Å²) in [6.07, 6.45) is -6.91. The van der Waals surface area contributed by atoms with Gasteiger partial charge < -0.3 is 60.0 Å². The summed E-state index contributed by atoms with van der Waals surface area (Å²) < 4.78 is 22.8. The third-order valence-corrected chi connectivity index (χ3v) is 8.44. The van der Waals surface area contributed by atoms with Crippen LogP contribution in [-0.2, 0) is 20.4 Å². The van der Waals surface area contributed by atoms with Crippen LogP contribution in [0.3, 0.4) is 0 Å². The van der Waals surface area contributed by atoms with Crippen molar-refractivity contribution in [2.45, 2.75) is 63.2 Å². The topological polar surface area (TPSA) is 350 Å². The number of aliphatic hydroxyl groups excluding tert-OH is 6. The summed E-state index contributed by atoms with van der Waals surface area (Å²) in [6, 6.07) is 3.40. The summed E-state index contributed by atoms with van der Waals surface area (Å²) in [5, 5.41) is 59.2. The molecule has 24 heteroatoms. The number of nitrogens with two attached hydrogens (primary N) is 1. The summed E-state index contributed by atoms with van der Waals surface area (Å²) in [6.45, 7) is 1.81. The van der Waals surface area contributed by atoms with Gasteiger partial charge in [0.1, 0.15) is 48.5 Å². The van der Waals surface area contributed by atoms with Crippen LogP contribution >= 0.6 is 7.82 Å². The largest absolute Gasteiger partial charge is 1.00 e. The van der Waals surface area contributed by atoms with E-state index in [9.17, 15) is 44.6 Å². The predicted octanol–water partition coefficient (Wildman–Crippen LogP) is -7.21. The van der Waals surface area contributed by atoms with Gasteiger partial charge in [0.2, 0.25) is 0 Å². The maximum atomic E-state index is 12.2. The molecule has 0 bridgehead atoms. The number of hydrogen-bond acceptors (Lipinski definition) is 18. The quantitative estimate of drug-likeness (QED) is 0.0384. The average molecular weight is 746 g/mol. The number of nitrogens with one attached hydrogen (secondary N) is 1. The fourth-order valence-corrected chi connectivity index (χ4v) is 5.56. The van der Waals surface area contributed by atoms with Crippen LogP contribution in [0.1, 0.15) is 17.4 Å². The minimum Gasteiger partial charge on any atom is -0.756 e. The van der Waals surface area contributed by atoms with Crippen LogP contribution in [0.25, 0.3) is 33.7 Å². The van der Waals surface area contributed by atoms with E-state index < -0.39 is 81.7 Å². The van der Waals surface area contributed by atoms with Gasteiger partial charge in [-0.3, -0.25) is 18.9 Å². The number of hydrogen-bond donors (Lipinski definition) is 9. The first-order valence-corrected chi connectivity index (χ1v) is 16.2. The Morgan fingerprint density at radius 2 is 1.76 bits per heavy atom. The third-order valence-electron chi connectivity index (χ3n) is 7.97. The second kappa shape index (κ2) is 16.1. The Balaban J connectivity index is 0.000000249. The van der Waals surface area contributed by atoms with Gasteiger partial charge in [0, 0.05) is 0 Å². The van der Waals surface area contributed by atoms with E-state index in [2.05, 4.69) is 29.4 Å². The van der Waals surface area contributed by atoms with Crippen LogP contribution in [0.2, 0.25) is 0 Å². The minimum absolute atomic E-state index is 0. The molecular formula is C27H33N9NaO13P. The number of aromatic amines is 1. The van der Waals surface area contributed by atoms with E-state index in [0.717, 1.165) is 11.1 Å². The molecule has 3 aromatic rings. The Kier molecular flexibility index (Phi) is 12.8. The van der Waals surface area contributed by atoms with Gasteiger partial charge in [0.05, 0.1) is 37.1 Å². The molecule has 22 nitrogen and oxygen atoms in total. The van der Waals surface area contributed by atoms with E-state index >= 15 is 0 Å². The fraction of sp³-hybridized carbons (Fsp3) is 0.444. The van der Waals surface area contributed by atoms with Gasteiger partial charge in [0.25, 0.3) is 13.4 Å². The molecule has 2 aromatic heterocycles. The summed E-state index contributed by atoms with van der Waals surface area (Å²) >= 11 is 0. The van der Waals surface area contributed by atoms with Gasteiger partial charge in [-0.25, -0.2) is 24.7 Å². The second-order valence-electron chi connectivity index (χ2n) is 11.4. The number of phosphoric acid groups is 1. The number of aliphatic hydroxyl groups is 6. The first-order valence-electron chi connectivity index (χ1n) is 14.7. The molecular weight excluding hydrogens is 712 g/mol. The zero-order chi connectivity index (χ0) is 36.7. The zero-order valence-electron chi connectivity index (χ0n) is 27.2. The van der Waals surface area contributed by atoms with Gasteiger partial charge in [-0.1, -0.05) is 0 Å². The van der Waals surface area contributed by atoms with Crippen molar-refractivity contribution in [3.05, 3.63) is 56.8 Å². The SMILES string of the molecule is Cc1cc2nc3c(=O)[nH]c(=O)nc-3n(C[C@H](O)[C@H](O)[C@H](O)COP(=O)([O-])O)c2cc1C.Nc1ncnc2c1ncn2[C@@H]1O[C@H](CO)[C@@H](O)[C@H]1O.[Na+]. The fourth-order valence-electron chi connectivity index (χ4n) is 5.22. The number of imidazole rings is 1. The van der Waals surface area contributed by atoms with Crippen molar-refractivity contribution in [3.8, 4) is 11.5 Å². The number of ether oxygens (including phenoxy) is 1. The van der Waals surface area contributed by atoms with Crippen LogP contribution in [0.15, 0.2) is 34.4 Å². The standard InChI is InChI=1S/C17H21N4O9P.C10H13N5O4.Na/c1-7-3-9-10(4-8(7)2)21(15-13(18-9)16(25)20-17(26)19-15)5-11(22)14(24)12(23)6-30-31(27,28)29;11-8-5-9(13-2-12-8)15(3-14-5)10-7(18)6(17)4(1-16)19-10;/h3-4,11-12,14,22-24H,5-6H2,1-2H3,(H,20,25,26)(H2,27,28,29);2-4,6-7,10,16-18H,1H2,(H2,11,12,13);/q;;+1/p-1/t11-,12+,14-;4-,6-,7-,10-;/m01./s1. The zero-order valence-corrected chi connectivity index (χ0v) is 30.1. The van der Waals surface area contributed by atoms with Gasteiger partial charge in [-0.15, -0.1) is 0 Å². The Morgan fingerprint density at radius 1 is 1.08 bits per heavy atom. The molecule has 0 aliphatic carbocycles. The number of anilines is 1. The second-order valence-corrected chi connectivity index (χ2v) is 12.6. The summed E-state index contributed by atoms with van der Waals surface area (Å²) in [5.74, 6) is 0.0661. The molecule has 5 heterocycles. The first kappa shape index (κ1) is 40.5. The van der Waals surface area contributed by atoms with E-state index in [0.29, 0.717) is 22.2 Å². The Labute approximate surface area is 308 Å². The van der Waals surface area contributed by atoms with Crippen molar-refractivity contribution in [2.24, 2.45) is 0 Å². The monoisotopic (exact) mass is 745 g/mol. The van der Waals surface area contributed by atoms with E-state index in [1.807, 2.05) is 18.8 Å².